The Labute approximate surface area is 126 Å². The summed E-state index contributed by atoms with van der Waals surface area (Å²) in [7, 11) is 6.20. The average molecular weight is 274 g/mol. The number of aliphatic imine (C=N–C) groups is 1. The third-order valence-electron chi connectivity index (χ3n) is 4.77. The fourth-order valence-electron chi connectivity index (χ4n) is 3.73. The fourth-order valence-corrected chi connectivity index (χ4v) is 3.73. The lowest BCUT2D eigenvalue weighted by Crippen LogP contribution is -2.49. The van der Waals surface area contributed by atoms with Crippen molar-refractivity contribution in [2.75, 3.05) is 6.54 Å². The molecule has 1 heterocycles. The Morgan fingerprint density at radius 1 is 1.10 bits per heavy atom. The van der Waals surface area contributed by atoms with Crippen LogP contribution < -0.4 is 0 Å². The number of fused-ring (bicyclic) bond motifs is 1. The van der Waals surface area contributed by atoms with Gasteiger partial charge >= 0.3 is 0 Å². The smallest absolute Gasteiger partial charge is 0.103 e. The fraction of sp³-hybridized carbons (Fsp3) is 0.941. The molecule has 3 heteroatoms. The number of amidine groups is 1. The van der Waals surface area contributed by atoms with Gasteiger partial charge in [0.1, 0.15) is 5.84 Å². The Bertz CT molecular complexity index is 356. The summed E-state index contributed by atoms with van der Waals surface area (Å²) in [6.07, 6.45) is 6.20. The molecule has 1 saturated heterocycles. The number of hydrogen-bond acceptors (Lipinski definition) is 1. The minimum atomic E-state index is 0.0127. The van der Waals surface area contributed by atoms with Crippen LogP contribution in [0.4, 0.5) is 0 Å². The maximum absolute atomic E-state index is 6.20. The Morgan fingerprint density at radius 3 is 2.35 bits per heavy atom. The van der Waals surface area contributed by atoms with E-state index in [-0.39, 0.29) is 5.54 Å². The highest BCUT2D eigenvalue weighted by Gasteiger charge is 2.37. The molecule has 3 unspecified atom stereocenters. The van der Waals surface area contributed by atoms with Crippen molar-refractivity contribution in [1.29, 1.82) is 0 Å². The van der Waals surface area contributed by atoms with Crippen molar-refractivity contribution >= 4 is 13.7 Å². The SMILES string of the molecule is [B]C1CCC2CCN(C(C)C)C(=NC(C)(C)C)C2CC1. The van der Waals surface area contributed by atoms with Crippen LogP contribution in [0.1, 0.15) is 66.7 Å². The molecule has 2 nitrogen and oxygen atoms in total. The van der Waals surface area contributed by atoms with Gasteiger partial charge in [0.2, 0.25) is 0 Å². The number of nitrogens with zero attached hydrogens (tertiary/aromatic N) is 2. The van der Waals surface area contributed by atoms with Crippen LogP contribution in [0.2, 0.25) is 5.82 Å². The highest BCUT2D eigenvalue weighted by atomic mass is 15.2. The van der Waals surface area contributed by atoms with E-state index in [1.54, 1.807) is 0 Å². The van der Waals surface area contributed by atoms with Gasteiger partial charge in [-0.2, -0.15) is 0 Å². The molecule has 1 aliphatic carbocycles. The lowest BCUT2D eigenvalue weighted by Gasteiger charge is -2.43. The Balaban J connectivity index is 2.29. The molecule has 2 rings (SSSR count). The van der Waals surface area contributed by atoms with Gasteiger partial charge in [-0.05, 0) is 53.4 Å². The van der Waals surface area contributed by atoms with E-state index in [2.05, 4.69) is 39.5 Å². The van der Waals surface area contributed by atoms with Crippen LogP contribution in [-0.2, 0) is 0 Å². The molecule has 2 radical (unpaired) electrons. The highest BCUT2D eigenvalue weighted by molar-refractivity contribution is 6.11. The van der Waals surface area contributed by atoms with Crippen molar-refractivity contribution < 1.29 is 0 Å². The van der Waals surface area contributed by atoms with Gasteiger partial charge in [0.25, 0.3) is 0 Å². The molecule has 0 aromatic heterocycles. The Hall–Kier alpha value is -0.465. The molecule has 112 valence electrons. The first-order valence-electron chi connectivity index (χ1n) is 8.40. The molecular formula is C17H31BN2. The van der Waals surface area contributed by atoms with E-state index >= 15 is 0 Å². The van der Waals surface area contributed by atoms with Gasteiger partial charge in [0, 0.05) is 18.5 Å². The van der Waals surface area contributed by atoms with Crippen LogP contribution in [0.5, 0.6) is 0 Å². The van der Waals surface area contributed by atoms with E-state index in [1.165, 1.54) is 38.1 Å². The minimum absolute atomic E-state index is 0.0127. The molecule has 2 fully saturated rings. The second-order valence-electron chi connectivity index (χ2n) is 8.00. The van der Waals surface area contributed by atoms with Gasteiger partial charge in [0.15, 0.2) is 0 Å². The normalized spacial score (nSPS) is 34.2. The van der Waals surface area contributed by atoms with Crippen LogP contribution in [0.15, 0.2) is 4.99 Å². The zero-order valence-electron chi connectivity index (χ0n) is 14.0. The van der Waals surface area contributed by atoms with Crippen LogP contribution in [0.25, 0.3) is 0 Å². The van der Waals surface area contributed by atoms with Gasteiger partial charge in [0.05, 0.1) is 13.4 Å². The van der Waals surface area contributed by atoms with E-state index in [0.29, 0.717) is 17.8 Å². The van der Waals surface area contributed by atoms with E-state index in [1.807, 2.05) is 0 Å². The predicted molar refractivity (Wildman–Crippen MR) is 88.6 cm³/mol. The summed E-state index contributed by atoms with van der Waals surface area (Å²) in [5.74, 6) is 3.22. The van der Waals surface area contributed by atoms with Crippen molar-refractivity contribution in [2.45, 2.75) is 84.1 Å². The molecule has 20 heavy (non-hydrogen) atoms. The largest absolute Gasteiger partial charge is 0.358 e. The lowest BCUT2D eigenvalue weighted by molar-refractivity contribution is 0.214. The number of hydrogen-bond donors (Lipinski definition) is 0. The molecule has 3 atom stereocenters. The predicted octanol–water partition coefficient (Wildman–Crippen LogP) is 4.06. The third-order valence-corrected chi connectivity index (χ3v) is 4.77. The summed E-state index contributed by atoms with van der Waals surface area (Å²) in [6.45, 7) is 12.4. The quantitative estimate of drug-likeness (QED) is 0.658. The summed E-state index contributed by atoms with van der Waals surface area (Å²) in [5.41, 5.74) is 0.0127. The first-order valence-corrected chi connectivity index (χ1v) is 8.40. The van der Waals surface area contributed by atoms with Gasteiger partial charge in [-0.3, -0.25) is 4.99 Å². The molecule has 0 aromatic rings. The third kappa shape index (κ3) is 3.80. The second kappa shape index (κ2) is 6.11. The van der Waals surface area contributed by atoms with E-state index in [4.69, 9.17) is 12.8 Å². The van der Waals surface area contributed by atoms with Crippen LogP contribution in [0, 0.1) is 11.8 Å². The summed E-state index contributed by atoms with van der Waals surface area (Å²) < 4.78 is 0. The molecule has 1 saturated carbocycles. The second-order valence-corrected chi connectivity index (χ2v) is 8.00. The zero-order chi connectivity index (χ0) is 14.9. The molecule has 2 aliphatic rings. The molecule has 0 spiro atoms. The van der Waals surface area contributed by atoms with E-state index in [9.17, 15) is 0 Å². The standard InChI is InChI=1S/C17H31BN2/c1-12(2)20-11-10-13-6-7-14(18)8-9-15(13)16(20)19-17(3,4)5/h12-15H,6-11H2,1-5H3. The van der Waals surface area contributed by atoms with Gasteiger partial charge in [-0.25, -0.2) is 0 Å². The van der Waals surface area contributed by atoms with E-state index < -0.39 is 0 Å². The van der Waals surface area contributed by atoms with Gasteiger partial charge in [-0.1, -0.05) is 25.1 Å². The molecular weight excluding hydrogens is 243 g/mol. The monoisotopic (exact) mass is 274 g/mol. The first-order chi connectivity index (χ1) is 9.28. The van der Waals surface area contributed by atoms with Crippen molar-refractivity contribution in [3.63, 3.8) is 0 Å². The first kappa shape index (κ1) is 15.9. The van der Waals surface area contributed by atoms with Crippen molar-refractivity contribution in [3.05, 3.63) is 0 Å². The van der Waals surface area contributed by atoms with Gasteiger partial charge in [-0.15, -0.1) is 0 Å². The van der Waals surface area contributed by atoms with Crippen LogP contribution in [0.3, 0.4) is 0 Å². The Kier molecular flexibility index (Phi) is 4.86. The summed E-state index contributed by atoms with van der Waals surface area (Å²) in [4.78, 5) is 7.67. The maximum atomic E-state index is 6.20. The zero-order valence-corrected chi connectivity index (χ0v) is 14.0. The summed E-state index contributed by atoms with van der Waals surface area (Å²) in [6, 6.07) is 0.550. The minimum Gasteiger partial charge on any atom is -0.358 e. The van der Waals surface area contributed by atoms with Crippen molar-refractivity contribution in [3.8, 4) is 0 Å². The molecule has 0 bridgehead atoms. The van der Waals surface area contributed by atoms with Crippen LogP contribution >= 0.6 is 0 Å². The van der Waals surface area contributed by atoms with Crippen molar-refractivity contribution in [1.82, 2.24) is 4.90 Å². The number of rotatable bonds is 1. The van der Waals surface area contributed by atoms with Crippen molar-refractivity contribution in [2.24, 2.45) is 16.8 Å². The molecule has 1 aliphatic heterocycles. The summed E-state index contributed by atoms with van der Waals surface area (Å²) >= 11 is 0. The van der Waals surface area contributed by atoms with E-state index in [0.717, 1.165) is 12.3 Å². The Morgan fingerprint density at radius 2 is 1.75 bits per heavy atom. The molecule has 0 N–H and O–H groups in total. The number of piperidine rings is 1. The molecule has 0 aromatic carbocycles. The topological polar surface area (TPSA) is 15.6 Å². The summed E-state index contributed by atoms with van der Waals surface area (Å²) in [5, 5.41) is 0. The average Bonchev–Trinajstić information content (AvgIpc) is 2.50. The van der Waals surface area contributed by atoms with Crippen LogP contribution in [-0.4, -0.2) is 36.7 Å². The lowest BCUT2D eigenvalue weighted by atomic mass is 9.80. The van der Waals surface area contributed by atoms with Gasteiger partial charge < -0.3 is 4.90 Å². The highest BCUT2D eigenvalue weighted by Crippen LogP contribution is 2.40. The number of likely N-dealkylation sites (tertiary alicyclic amines) is 1. The molecule has 0 amide bonds. The maximum Gasteiger partial charge on any atom is 0.103 e.